The fourth-order valence-corrected chi connectivity index (χ4v) is 2.13. The van der Waals surface area contributed by atoms with Gasteiger partial charge in [0.25, 0.3) is 0 Å². The second kappa shape index (κ2) is 3.40. The summed E-state index contributed by atoms with van der Waals surface area (Å²) in [5.41, 5.74) is 6.10. The number of thioether (sulfide) groups is 1. The zero-order chi connectivity index (χ0) is 8.43. The lowest BCUT2D eigenvalue weighted by Gasteiger charge is -2.21. The van der Waals surface area contributed by atoms with Crippen molar-refractivity contribution in [3.63, 3.8) is 0 Å². The van der Waals surface area contributed by atoms with Crippen LogP contribution in [0, 0.1) is 0 Å². The molecule has 0 aromatic rings. The van der Waals surface area contributed by atoms with Crippen LogP contribution < -0.4 is 5.73 Å². The number of hydrogen-bond donors (Lipinski definition) is 2. The van der Waals surface area contributed by atoms with E-state index in [1.807, 2.05) is 17.2 Å². The molecule has 3 nitrogen and oxygen atoms in total. The third-order valence-electron chi connectivity index (χ3n) is 1.41. The number of rotatable bonds is 2. The first kappa shape index (κ1) is 8.80. The molecule has 1 aliphatic rings. The van der Waals surface area contributed by atoms with Gasteiger partial charge in [-0.25, -0.2) is 0 Å². The number of hydrogen-bond acceptors (Lipinski definition) is 4. The van der Waals surface area contributed by atoms with E-state index in [2.05, 4.69) is 12.6 Å². The van der Waals surface area contributed by atoms with Crippen LogP contribution in [0.15, 0.2) is 11.1 Å². The van der Waals surface area contributed by atoms with Crippen molar-refractivity contribution < 1.29 is 4.79 Å². The molecule has 1 rings (SSSR count). The third kappa shape index (κ3) is 2.07. The Morgan fingerprint density at radius 3 is 3.00 bits per heavy atom. The molecule has 0 aromatic heterocycles. The number of amides is 1. The van der Waals surface area contributed by atoms with Crippen LogP contribution in [0.2, 0.25) is 0 Å². The molecule has 0 spiro atoms. The molecule has 1 amide bonds. The Labute approximate surface area is 75.4 Å². The lowest BCUT2D eigenvalue weighted by molar-refractivity contribution is -0.118. The van der Waals surface area contributed by atoms with E-state index in [1.165, 1.54) is 0 Å². The van der Waals surface area contributed by atoms with Gasteiger partial charge in [-0.05, 0) is 12.3 Å². The normalized spacial score (nSPS) is 23.6. The van der Waals surface area contributed by atoms with E-state index in [0.29, 0.717) is 0 Å². The zero-order valence-electron chi connectivity index (χ0n) is 6.15. The van der Waals surface area contributed by atoms with Gasteiger partial charge in [0.2, 0.25) is 5.91 Å². The lowest BCUT2D eigenvalue weighted by Crippen LogP contribution is -2.33. The van der Waals surface area contributed by atoms with Crippen molar-refractivity contribution in [2.45, 2.75) is 11.6 Å². The van der Waals surface area contributed by atoms with Gasteiger partial charge < -0.3 is 10.6 Å². The van der Waals surface area contributed by atoms with Gasteiger partial charge >= 0.3 is 0 Å². The van der Waals surface area contributed by atoms with E-state index >= 15 is 0 Å². The smallest absolute Gasteiger partial charge is 0.237 e. The summed E-state index contributed by atoms with van der Waals surface area (Å²) in [7, 11) is 0. The average molecular weight is 190 g/mol. The lowest BCUT2D eigenvalue weighted by atomic mass is 10.4. The summed E-state index contributed by atoms with van der Waals surface area (Å²) in [4.78, 5) is 12.4. The zero-order valence-corrected chi connectivity index (χ0v) is 7.86. The monoisotopic (exact) mass is 190 g/mol. The first-order valence-electron chi connectivity index (χ1n) is 3.16. The molecule has 1 unspecified atom stereocenters. The van der Waals surface area contributed by atoms with Crippen LogP contribution in [0.25, 0.3) is 0 Å². The van der Waals surface area contributed by atoms with Gasteiger partial charge in [-0.15, -0.1) is 12.6 Å². The van der Waals surface area contributed by atoms with Crippen molar-refractivity contribution in [1.29, 1.82) is 0 Å². The topological polar surface area (TPSA) is 46.3 Å². The quantitative estimate of drug-likeness (QED) is 0.627. The Bertz CT molecular complexity index is 205. The van der Waals surface area contributed by atoms with Crippen LogP contribution in [-0.4, -0.2) is 22.1 Å². The van der Waals surface area contributed by atoms with Crippen LogP contribution >= 0.6 is 24.4 Å². The standard InChI is InChI=1S/C6H10N2OS2/c1-4-3-11-6(10)8(4)2-5(7)9/h3,6,10H,2H2,1H3,(H2,7,9). The minimum atomic E-state index is -0.320. The minimum Gasteiger partial charge on any atom is -0.368 e. The van der Waals surface area contributed by atoms with E-state index in [4.69, 9.17) is 5.73 Å². The van der Waals surface area contributed by atoms with E-state index in [-0.39, 0.29) is 17.2 Å². The van der Waals surface area contributed by atoms with Gasteiger partial charge in [-0.2, -0.15) is 0 Å². The predicted octanol–water partition coefficient (Wildman–Crippen LogP) is 0.595. The molecule has 11 heavy (non-hydrogen) atoms. The second-order valence-corrected chi connectivity index (χ2v) is 4.11. The highest BCUT2D eigenvalue weighted by Gasteiger charge is 2.21. The molecule has 0 aromatic carbocycles. The van der Waals surface area contributed by atoms with Crippen LogP contribution in [-0.2, 0) is 4.79 Å². The number of nitrogens with zero attached hydrogens (tertiary/aromatic N) is 1. The van der Waals surface area contributed by atoms with Crippen LogP contribution in [0.1, 0.15) is 6.92 Å². The summed E-state index contributed by atoms with van der Waals surface area (Å²) in [5.74, 6) is -0.320. The number of allylic oxidation sites excluding steroid dienone is 1. The van der Waals surface area contributed by atoms with Gasteiger partial charge in [-0.1, -0.05) is 11.8 Å². The molecule has 62 valence electrons. The summed E-state index contributed by atoms with van der Waals surface area (Å²) in [6.45, 7) is 2.19. The molecule has 1 heterocycles. The Morgan fingerprint density at radius 1 is 2.00 bits per heavy atom. The maximum atomic E-state index is 10.6. The van der Waals surface area contributed by atoms with E-state index < -0.39 is 0 Å². The molecular formula is C6H10N2OS2. The SMILES string of the molecule is CC1=CSC(S)N1CC(N)=O. The van der Waals surface area contributed by atoms with Gasteiger partial charge in [0, 0.05) is 5.70 Å². The largest absolute Gasteiger partial charge is 0.368 e. The number of carbonyl (C=O) groups is 1. The summed E-state index contributed by atoms with van der Waals surface area (Å²) in [5, 5.41) is 1.97. The van der Waals surface area contributed by atoms with Crippen molar-refractivity contribution in [2.24, 2.45) is 5.73 Å². The molecule has 1 atom stereocenters. The maximum absolute atomic E-state index is 10.6. The van der Waals surface area contributed by atoms with Crippen molar-refractivity contribution in [1.82, 2.24) is 4.90 Å². The Morgan fingerprint density at radius 2 is 2.64 bits per heavy atom. The van der Waals surface area contributed by atoms with Gasteiger partial charge in [-0.3, -0.25) is 4.79 Å². The van der Waals surface area contributed by atoms with Crippen molar-refractivity contribution in [3.05, 3.63) is 11.1 Å². The van der Waals surface area contributed by atoms with Crippen LogP contribution in [0.3, 0.4) is 0 Å². The molecule has 0 saturated heterocycles. The van der Waals surface area contributed by atoms with Crippen LogP contribution in [0.4, 0.5) is 0 Å². The highest BCUT2D eigenvalue weighted by atomic mass is 32.2. The van der Waals surface area contributed by atoms with Gasteiger partial charge in [0.15, 0.2) is 0 Å². The van der Waals surface area contributed by atoms with Gasteiger partial charge in [0.1, 0.15) is 4.71 Å². The summed E-state index contributed by atoms with van der Waals surface area (Å²) in [6.07, 6.45) is 0. The molecule has 1 aliphatic heterocycles. The average Bonchev–Trinajstić information content (AvgIpc) is 2.18. The maximum Gasteiger partial charge on any atom is 0.237 e. The van der Waals surface area contributed by atoms with Crippen molar-refractivity contribution in [3.8, 4) is 0 Å². The molecule has 2 N–H and O–H groups in total. The molecule has 5 heteroatoms. The summed E-state index contributed by atoms with van der Waals surface area (Å²) < 4.78 is 0.0440. The summed E-state index contributed by atoms with van der Waals surface area (Å²) in [6, 6.07) is 0. The van der Waals surface area contributed by atoms with E-state index in [1.54, 1.807) is 11.8 Å². The second-order valence-electron chi connectivity index (χ2n) is 2.32. The molecule has 0 fully saturated rings. The molecule has 0 saturated carbocycles. The fourth-order valence-electron chi connectivity index (χ4n) is 0.845. The summed E-state index contributed by atoms with van der Waals surface area (Å²) >= 11 is 5.83. The van der Waals surface area contributed by atoms with Crippen molar-refractivity contribution in [2.75, 3.05) is 6.54 Å². The first-order chi connectivity index (χ1) is 5.11. The number of carbonyl (C=O) groups excluding carboxylic acids is 1. The Balaban J connectivity index is 2.56. The molecule has 0 radical (unpaired) electrons. The highest BCUT2D eigenvalue weighted by Crippen LogP contribution is 2.31. The number of nitrogens with two attached hydrogens (primary N) is 1. The first-order valence-corrected chi connectivity index (χ1v) is 4.62. The fraction of sp³-hybridized carbons (Fsp3) is 0.500. The van der Waals surface area contributed by atoms with Crippen LogP contribution in [0.5, 0.6) is 0 Å². The molecule has 0 bridgehead atoms. The Hall–Kier alpha value is -0.290. The minimum absolute atomic E-state index is 0.0440. The number of primary amides is 1. The van der Waals surface area contributed by atoms with Crippen molar-refractivity contribution >= 4 is 30.3 Å². The number of thiol groups is 1. The van der Waals surface area contributed by atoms with Gasteiger partial charge in [0.05, 0.1) is 6.54 Å². The molecular weight excluding hydrogens is 180 g/mol. The van der Waals surface area contributed by atoms with E-state index in [0.717, 1.165) is 5.70 Å². The Kier molecular flexibility index (Phi) is 2.72. The highest BCUT2D eigenvalue weighted by molar-refractivity contribution is 8.12. The molecule has 0 aliphatic carbocycles. The third-order valence-corrected chi connectivity index (χ3v) is 3.03. The predicted molar refractivity (Wildman–Crippen MR) is 50.0 cm³/mol. The van der Waals surface area contributed by atoms with E-state index in [9.17, 15) is 4.79 Å².